The number of amides is 1. The van der Waals surface area contributed by atoms with Gasteiger partial charge in [0.25, 0.3) is 0 Å². The fourth-order valence-corrected chi connectivity index (χ4v) is 1.88. The molecule has 2 rings (SSSR count). The van der Waals surface area contributed by atoms with E-state index in [0.717, 1.165) is 0 Å². The molecule has 0 aromatic carbocycles. The lowest BCUT2D eigenvalue weighted by Gasteiger charge is -2.26. The summed E-state index contributed by atoms with van der Waals surface area (Å²) in [6.45, 7) is 1.40. The van der Waals surface area contributed by atoms with Crippen LogP contribution in [0.25, 0.3) is 0 Å². The van der Waals surface area contributed by atoms with Gasteiger partial charge in [-0.25, -0.2) is 0 Å². The maximum atomic E-state index is 11.9. The molecule has 2 atom stereocenters. The lowest BCUT2D eigenvalue weighted by Crippen LogP contribution is -2.45. The molecule has 1 fully saturated rings. The van der Waals surface area contributed by atoms with Gasteiger partial charge in [-0.3, -0.25) is 9.48 Å². The maximum Gasteiger partial charge on any atom is 0.244 e. The smallest absolute Gasteiger partial charge is 0.244 e. The Morgan fingerprint density at radius 3 is 3.06 bits per heavy atom. The Morgan fingerprint density at radius 2 is 2.50 bits per heavy atom. The Morgan fingerprint density at radius 1 is 1.69 bits per heavy atom. The third-order valence-electron chi connectivity index (χ3n) is 2.90. The summed E-state index contributed by atoms with van der Waals surface area (Å²) in [5.74, 6) is -0.0450. The maximum absolute atomic E-state index is 11.9. The highest BCUT2D eigenvalue weighted by Gasteiger charge is 2.30. The Bertz CT molecular complexity index is 352. The van der Waals surface area contributed by atoms with E-state index < -0.39 is 6.10 Å². The van der Waals surface area contributed by atoms with Gasteiger partial charge in [0.1, 0.15) is 6.54 Å². The highest BCUT2D eigenvalue weighted by molar-refractivity contribution is 5.76. The van der Waals surface area contributed by atoms with Crippen molar-refractivity contribution in [1.29, 1.82) is 0 Å². The van der Waals surface area contributed by atoms with Crippen molar-refractivity contribution >= 4 is 5.91 Å². The van der Waals surface area contributed by atoms with Crippen molar-refractivity contribution in [3.8, 4) is 0 Å². The number of aromatic nitrogens is 2. The van der Waals surface area contributed by atoms with Gasteiger partial charge in [-0.1, -0.05) is 0 Å². The lowest BCUT2D eigenvalue weighted by molar-refractivity contribution is -0.134. The summed E-state index contributed by atoms with van der Waals surface area (Å²) in [5, 5.41) is 16.7. The third kappa shape index (κ3) is 2.23. The van der Waals surface area contributed by atoms with Crippen LogP contribution in [0.15, 0.2) is 18.5 Å². The molecule has 1 aromatic heterocycles. The molecule has 0 radical (unpaired) electrons. The minimum absolute atomic E-state index is 0.0450. The number of rotatable bonds is 3. The third-order valence-corrected chi connectivity index (χ3v) is 2.90. The van der Waals surface area contributed by atoms with Gasteiger partial charge in [0.05, 0.1) is 12.1 Å². The van der Waals surface area contributed by atoms with Gasteiger partial charge < -0.3 is 15.3 Å². The molecule has 16 heavy (non-hydrogen) atoms. The Labute approximate surface area is 93.9 Å². The van der Waals surface area contributed by atoms with E-state index in [1.165, 1.54) is 0 Å². The molecule has 1 saturated heterocycles. The van der Waals surface area contributed by atoms with Gasteiger partial charge >= 0.3 is 0 Å². The zero-order valence-corrected chi connectivity index (χ0v) is 9.21. The Hall–Kier alpha value is -1.40. The van der Waals surface area contributed by atoms with Crippen molar-refractivity contribution in [1.82, 2.24) is 20.0 Å². The fraction of sp³-hybridized carbons (Fsp3) is 0.600. The first-order valence-corrected chi connectivity index (χ1v) is 5.30. The molecule has 1 aromatic rings. The number of nitrogens with one attached hydrogen (secondary N) is 1. The van der Waals surface area contributed by atoms with E-state index in [1.54, 1.807) is 35.1 Å². The second kappa shape index (κ2) is 4.63. The zero-order chi connectivity index (χ0) is 11.5. The molecule has 1 aliphatic heterocycles. The van der Waals surface area contributed by atoms with Crippen LogP contribution in [-0.4, -0.2) is 58.0 Å². The number of carbonyl (C=O) groups excluding carboxylic acids is 1. The minimum Gasteiger partial charge on any atom is -0.390 e. The number of aliphatic hydroxyl groups excluding tert-OH is 1. The normalized spacial score (nSPS) is 24.6. The number of hydrogen-bond donors (Lipinski definition) is 2. The summed E-state index contributed by atoms with van der Waals surface area (Å²) in [5.41, 5.74) is 0. The van der Waals surface area contributed by atoms with E-state index >= 15 is 0 Å². The number of aliphatic hydroxyl groups is 1. The molecule has 2 unspecified atom stereocenters. The van der Waals surface area contributed by atoms with Crippen molar-refractivity contribution in [2.45, 2.75) is 18.7 Å². The van der Waals surface area contributed by atoms with Crippen molar-refractivity contribution in [2.24, 2.45) is 0 Å². The zero-order valence-electron chi connectivity index (χ0n) is 9.21. The van der Waals surface area contributed by atoms with Crippen LogP contribution in [0.1, 0.15) is 0 Å². The molecular weight excluding hydrogens is 208 g/mol. The number of carbonyl (C=O) groups is 1. The number of β-amino-alcohol motifs (C(OH)–C–C–N with tert-alkyl or cyclic N) is 1. The lowest BCUT2D eigenvalue weighted by atomic mass is 10.2. The van der Waals surface area contributed by atoms with E-state index in [1.807, 2.05) is 0 Å². The van der Waals surface area contributed by atoms with Gasteiger partial charge in [0.2, 0.25) is 5.91 Å². The van der Waals surface area contributed by atoms with E-state index in [9.17, 15) is 9.90 Å². The first-order valence-electron chi connectivity index (χ1n) is 5.30. The number of hydrogen-bond acceptors (Lipinski definition) is 4. The van der Waals surface area contributed by atoms with Crippen molar-refractivity contribution < 1.29 is 9.90 Å². The van der Waals surface area contributed by atoms with Gasteiger partial charge in [-0.15, -0.1) is 0 Å². The summed E-state index contributed by atoms with van der Waals surface area (Å²) in [7, 11) is 1.72. The van der Waals surface area contributed by atoms with Crippen LogP contribution in [0.5, 0.6) is 0 Å². The van der Waals surface area contributed by atoms with Crippen molar-refractivity contribution in [3.05, 3.63) is 18.5 Å². The molecular formula is C10H16N4O2. The molecule has 88 valence electrons. The molecule has 6 nitrogen and oxygen atoms in total. The average Bonchev–Trinajstić information content (AvgIpc) is 2.88. The second-order valence-corrected chi connectivity index (χ2v) is 4.00. The van der Waals surface area contributed by atoms with Gasteiger partial charge in [0, 0.05) is 32.5 Å². The standard InChI is InChI=1S/C10H16N4O2/c1-13(8-5-11-6-9(8)15)10(16)7-14-4-2-3-12-14/h2-4,8-9,11,15H,5-7H2,1H3. The monoisotopic (exact) mass is 224 g/mol. The first-order chi connectivity index (χ1) is 7.68. The topological polar surface area (TPSA) is 70.4 Å². The summed E-state index contributed by atoms with van der Waals surface area (Å²) in [4.78, 5) is 13.5. The highest BCUT2D eigenvalue weighted by atomic mass is 16.3. The second-order valence-electron chi connectivity index (χ2n) is 4.00. The summed E-state index contributed by atoms with van der Waals surface area (Å²) < 4.78 is 1.58. The predicted octanol–water partition coefficient (Wildman–Crippen LogP) is -1.33. The summed E-state index contributed by atoms with van der Waals surface area (Å²) in [6, 6.07) is 1.64. The van der Waals surface area contributed by atoms with Crippen LogP contribution in [0, 0.1) is 0 Å². The van der Waals surface area contributed by atoms with Crippen LogP contribution in [0.3, 0.4) is 0 Å². The molecule has 1 amide bonds. The SMILES string of the molecule is CN(C(=O)Cn1cccn1)C1CNCC1O. The van der Waals surface area contributed by atoms with E-state index in [-0.39, 0.29) is 18.5 Å². The number of nitrogens with zero attached hydrogens (tertiary/aromatic N) is 3. The van der Waals surface area contributed by atoms with Crippen LogP contribution < -0.4 is 5.32 Å². The molecule has 0 spiro atoms. The van der Waals surface area contributed by atoms with Gasteiger partial charge in [-0.2, -0.15) is 5.10 Å². The molecule has 0 aliphatic carbocycles. The first kappa shape index (κ1) is 11.1. The molecule has 2 heterocycles. The minimum atomic E-state index is -0.480. The number of likely N-dealkylation sites (N-methyl/N-ethyl adjacent to an activating group) is 1. The summed E-state index contributed by atoms with van der Waals surface area (Å²) >= 11 is 0. The van der Waals surface area contributed by atoms with Gasteiger partial charge in [0.15, 0.2) is 0 Å². The van der Waals surface area contributed by atoms with Crippen molar-refractivity contribution in [3.63, 3.8) is 0 Å². The highest BCUT2D eigenvalue weighted by Crippen LogP contribution is 2.08. The fourth-order valence-electron chi connectivity index (χ4n) is 1.88. The molecule has 1 aliphatic rings. The van der Waals surface area contributed by atoms with Crippen LogP contribution >= 0.6 is 0 Å². The van der Waals surface area contributed by atoms with Crippen LogP contribution in [0.4, 0.5) is 0 Å². The van der Waals surface area contributed by atoms with Crippen LogP contribution in [0.2, 0.25) is 0 Å². The van der Waals surface area contributed by atoms with E-state index in [0.29, 0.717) is 13.1 Å². The predicted molar refractivity (Wildman–Crippen MR) is 57.7 cm³/mol. The van der Waals surface area contributed by atoms with Crippen LogP contribution in [-0.2, 0) is 11.3 Å². The molecule has 2 N–H and O–H groups in total. The average molecular weight is 224 g/mol. The molecule has 6 heteroatoms. The summed E-state index contributed by atoms with van der Waals surface area (Å²) in [6.07, 6.45) is 2.90. The van der Waals surface area contributed by atoms with E-state index in [2.05, 4.69) is 10.4 Å². The van der Waals surface area contributed by atoms with Crippen molar-refractivity contribution in [2.75, 3.05) is 20.1 Å². The van der Waals surface area contributed by atoms with Gasteiger partial charge in [-0.05, 0) is 6.07 Å². The Kier molecular flexibility index (Phi) is 3.21. The largest absolute Gasteiger partial charge is 0.390 e. The Balaban J connectivity index is 1.94. The molecule has 0 bridgehead atoms. The quantitative estimate of drug-likeness (QED) is 0.667. The molecule has 0 saturated carbocycles. The van der Waals surface area contributed by atoms with E-state index in [4.69, 9.17) is 0 Å².